The van der Waals surface area contributed by atoms with E-state index in [0.717, 1.165) is 5.56 Å². The summed E-state index contributed by atoms with van der Waals surface area (Å²) in [5.41, 5.74) is 1.46. The van der Waals surface area contributed by atoms with Crippen LogP contribution in [0.1, 0.15) is 0 Å². The molecule has 0 aliphatic carbocycles. The molecule has 0 saturated heterocycles. The van der Waals surface area contributed by atoms with Crippen molar-refractivity contribution in [3.05, 3.63) is 54.6 Å². The molecule has 0 unspecified atom stereocenters. The fourth-order valence-electron chi connectivity index (χ4n) is 1.60. The zero-order valence-corrected chi connectivity index (χ0v) is 10.4. The second-order valence-electron chi connectivity index (χ2n) is 3.44. The molecule has 3 nitrogen and oxygen atoms in total. The van der Waals surface area contributed by atoms with E-state index >= 15 is 0 Å². The topological polar surface area (TPSA) is 46.2 Å². The molecule has 1 N–H and O–H groups in total. The first-order valence-corrected chi connectivity index (χ1v) is 6.78. The molecule has 0 heterocycles. The summed E-state index contributed by atoms with van der Waals surface area (Å²) in [5, 5.41) is 0. The Labute approximate surface area is 105 Å². The van der Waals surface area contributed by atoms with Crippen molar-refractivity contribution in [3.63, 3.8) is 0 Å². The van der Waals surface area contributed by atoms with Crippen LogP contribution in [0.25, 0.3) is 11.1 Å². The van der Waals surface area contributed by atoms with Crippen LogP contribution in [-0.4, -0.2) is 8.42 Å². The van der Waals surface area contributed by atoms with Gasteiger partial charge in [0.1, 0.15) is 0 Å². The lowest BCUT2D eigenvalue weighted by Gasteiger charge is -2.08. The molecule has 5 heteroatoms. The third-order valence-corrected chi connectivity index (χ3v) is 4.11. The fourth-order valence-corrected chi connectivity index (χ4v) is 2.66. The maximum atomic E-state index is 11.8. The molecule has 0 atom stereocenters. The van der Waals surface area contributed by atoms with Gasteiger partial charge in [0.25, 0.3) is 10.0 Å². The van der Waals surface area contributed by atoms with E-state index in [9.17, 15) is 8.42 Å². The number of hydrogen-bond donors (Lipinski definition) is 1. The molecule has 0 aromatic heterocycles. The van der Waals surface area contributed by atoms with E-state index in [1.807, 2.05) is 34.6 Å². The molecule has 0 fully saturated rings. The predicted molar refractivity (Wildman–Crippen MR) is 68.1 cm³/mol. The van der Waals surface area contributed by atoms with Crippen molar-refractivity contribution in [1.82, 2.24) is 4.24 Å². The van der Waals surface area contributed by atoms with Gasteiger partial charge in [-0.05, 0) is 23.4 Å². The molecular weight excluding hydrogens is 258 g/mol. The van der Waals surface area contributed by atoms with E-state index in [-0.39, 0.29) is 4.90 Å². The monoisotopic (exact) mass is 267 g/mol. The van der Waals surface area contributed by atoms with E-state index < -0.39 is 10.0 Å². The van der Waals surface area contributed by atoms with Crippen molar-refractivity contribution < 1.29 is 8.42 Å². The third-order valence-electron chi connectivity index (χ3n) is 2.36. The molecule has 17 heavy (non-hydrogen) atoms. The van der Waals surface area contributed by atoms with Crippen molar-refractivity contribution in [2.24, 2.45) is 0 Å². The summed E-state index contributed by atoms with van der Waals surface area (Å²) in [4.78, 5) is 0.168. The van der Waals surface area contributed by atoms with Gasteiger partial charge in [0.05, 0.1) is 4.90 Å². The normalized spacial score (nSPS) is 11.4. The molecule has 0 radical (unpaired) electrons. The molecule has 0 amide bonds. The largest absolute Gasteiger partial charge is 0.254 e. The molecule has 88 valence electrons. The lowest BCUT2D eigenvalue weighted by molar-refractivity contribution is 0.594. The van der Waals surface area contributed by atoms with Crippen molar-refractivity contribution >= 4 is 21.8 Å². The van der Waals surface area contributed by atoms with Gasteiger partial charge in [0, 0.05) is 5.56 Å². The summed E-state index contributed by atoms with van der Waals surface area (Å²) in [6, 6.07) is 16.0. The highest BCUT2D eigenvalue weighted by molar-refractivity contribution is 7.90. The van der Waals surface area contributed by atoms with Crippen molar-refractivity contribution in [2.45, 2.75) is 4.90 Å². The highest BCUT2D eigenvalue weighted by Gasteiger charge is 2.17. The Morgan fingerprint density at radius 3 is 2.12 bits per heavy atom. The lowest BCUT2D eigenvalue weighted by atomic mass is 10.1. The molecule has 0 bridgehead atoms. The molecule has 0 aliphatic heterocycles. The van der Waals surface area contributed by atoms with Crippen LogP contribution < -0.4 is 4.24 Å². The van der Waals surface area contributed by atoms with Crippen LogP contribution >= 0.6 is 11.8 Å². The van der Waals surface area contributed by atoms with Gasteiger partial charge in [0.15, 0.2) is 0 Å². The maximum Gasteiger partial charge on any atom is 0.254 e. The average Bonchev–Trinajstić information content (AvgIpc) is 2.40. The Kier molecular flexibility index (Phi) is 3.47. The second-order valence-corrected chi connectivity index (χ2v) is 5.51. The molecule has 0 saturated carbocycles. The van der Waals surface area contributed by atoms with Gasteiger partial charge < -0.3 is 0 Å². The Hall–Kier alpha value is -1.36. The number of sulfonamides is 1. The molecule has 0 aliphatic rings. The number of hydrogen-bond acceptors (Lipinski definition) is 2. The van der Waals surface area contributed by atoms with Crippen molar-refractivity contribution in [2.75, 3.05) is 0 Å². The minimum absolute atomic E-state index is 0.168. The quantitative estimate of drug-likeness (QED) is 0.870. The van der Waals surface area contributed by atoms with Crippen LogP contribution in [0.2, 0.25) is 0 Å². The molecule has 2 rings (SSSR count). The maximum absolute atomic E-state index is 11.8. The van der Waals surface area contributed by atoms with E-state index in [1.165, 1.54) is 6.07 Å². The van der Waals surface area contributed by atoms with Crippen LogP contribution in [0.15, 0.2) is 59.5 Å². The first-order valence-electron chi connectivity index (χ1n) is 4.92. The summed E-state index contributed by atoms with van der Waals surface area (Å²) in [6.07, 6.45) is 0. The second kappa shape index (κ2) is 4.87. The number of nitrogens with one attached hydrogen (secondary N) is 1. The minimum Gasteiger partial charge on any atom is -0.206 e. The van der Waals surface area contributed by atoms with E-state index in [1.54, 1.807) is 18.2 Å². The minimum atomic E-state index is -3.66. The Morgan fingerprint density at radius 2 is 1.47 bits per heavy atom. The Morgan fingerprint density at radius 1 is 0.882 bits per heavy atom. The lowest BCUT2D eigenvalue weighted by Crippen LogP contribution is -2.14. The summed E-state index contributed by atoms with van der Waals surface area (Å²) in [6.45, 7) is 0. The summed E-state index contributed by atoms with van der Waals surface area (Å²) < 4.78 is 25.3. The van der Waals surface area contributed by atoms with Gasteiger partial charge >= 0.3 is 0 Å². The number of benzene rings is 2. The van der Waals surface area contributed by atoms with Crippen LogP contribution in [-0.2, 0) is 10.0 Å². The van der Waals surface area contributed by atoms with Gasteiger partial charge in [-0.15, -0.1) is 4.24 Å². The highest BCUT2D eigenvalue weighted by Crippen LogP contribution is 2.26. The van der Waals surface area contributed by atoms with Crippen LogP contribution in [0, 0.1) is 0 Å². The first kappa shape index (κ1) is 12.1. The standard InChI is InChI=1S/C12H10ClNO2S/c13-14-17(15,16)12-9-5-4-8-11(12)10-6-2-1-3-7-10/h1-9,14H. The van der Waals surface area contributed by atoms with Crippen LogP contribution in [0.3, 0.4) is 0 Å². The summed E-state index contributed by atoms with van der Waals surface area (Å²) in [7, 11) is -3.66. The fraction of sp³-hybridized carbons (Fsp3) is 0. The molecular formula is C12H10ClNO2S. The van der Waals surface area contributed by atoms with Gasteiger partial charge in [-0.3, -0.25) is 0 Å². The van der Waals surface area contributed by atoms with Crippen molar-refractivity contribution in [1.29, 1.82) is 0 Å². The van der Waals surface area contributed by atoms with E-state index in [0.29, 0.717) is 5.56 Å². The molecule has 2 aromatic rings. The van der Waals surface area contributed by atoms with Gasteiger partial charge in [-0.1, -0.05) is 48.5 Å². The van der Waals surface area contributed by atoms with Gasteiger partial charge in [-0.2, -0.15) is 0 Å². The van der Waals surface area contributed by atoms with E-state index in [2.05, 4.69) is 0 Å². The highest BCUT2D eigenvalue weighted by atomic mass is 35.5. The third kappa shape index (κ3) is 2.49. The zero-order valence-electron chi connectivity index (χ0n) is 8.80. The smallest absolute Gasteiger partial charge is 0.206 e. The Bertz CT molecular complexity index is 611. The predicted octanol–water partition coefficient (Wildman–Crippen LogP) is 2.79. The summed E-state index contributed by atoms with van der Waals surface area (Å²) >= 11 is 5.25. The zero-order chi connectivity index (χ0) is 12.3. The Balaban J connectivity index is 2.65. The van der Waals surface area contributed by atoms with E-state index in [4.69, 9.17) is 11.8 Å². The van der Waals surface area contributed by atoms with Gasteiger partial charge in [-0.25, -0.2) is 8.42 Å². The van der Waals surface area contributed by atoms with Crippen molar-refractivity contribution in [3.8, 4) is 11.1 Å². The SMILES string of the molecule is O=S(=O)(NCl)c1ccccc1-c1ccccc1. The average molecular weight is 268 g/mol. The van der Waals surface area contributed by atoms with Gasteiger partial charge in [0.2, 0.25) is 0 Å². The molecule has 0 spiro atoms. The van der Waals surface area contributed by atoms with Crippen LogP contribution in [0.5, 0.6) is 0 Å². The first-order chi connectivity index (χ1) is 8.15. The molecule has 2 aromatic carbocycles. The van der Waals surface area contributed by atoms with Crippen LogP contribution in [0.4, 0.5) is 0 Å². The summed E-state index contributed by atoms with van der Waals surface area (Å²) in [5.74, 6) is 0. The number of rotatable bonds is 3. The number of halogens is 1.